The van der Waals surface area contributed by atoms with Gasteiger partial charge in [-0.2, -0.15) is 0 Å². The van der Waals surface area contributed by atoms with Gasteiger partial charge in [-0.15, -0.1) is 0 Å². The number of carbonyl (C=O) groups is 1. The minimum atomic E-state index is -0.866. The summed E-state index contributed by atoms with van der Waals surface area (Å²) in [7, 11) is 4.42. The third-order valence-corrected chi connectivity index (χ3v) is 2.31. The molecular weight excluding hydrogens is 200 g/mol. The van der Waals surface area contributed by atoms with Crippen LogP contribution in [-0.2, 0) is 23.7 Å². The van der Waals surface area contributed by atoms with Crippen molar-refractivity contribution in [3.63, 3.8) is 0 Å². The molecule has 0 saturated carbocycles. The van der Waals surface area contributed by atoms with E-state index in [1.165, 1.54) is 14.2 Å². The van der Waals surface area contributed by atoms with Crippen LogP contribution in [0, 0.1) is 0 Å². The summed E-state index contributed by atoms with van der Waals surface area (Å²) in [6.07, 6.45) is 3.74. The summed E-state index contributed by atoms with van der Waals surface area (Å²) in [5.74, 6) is -1.15. The number of ether oxygens (including phenoxy) is 4. The summed E-state index contributed by atoms with van der Waals surface area (Å²) in [5.41, 5.74) is 0. The van der Waals surface area contributed by atoms with Crippen molar-refractivity contribution >= 4 is 5.97 Å². The number of carbonyl (C=O) groups excluding carboxylic acids is 1. The molecule has 0 spiro atoms. The lowest BCUT2D eigenvalue weighted by Gasteiger charge is -2.26. The molecular formula is C10H16O5. The second-order valence-corrected chi connectivity index (χ2v) is 3.17. The van der Waals surface area contributed by atoms with E-state index < -0.39 is 12.1 Å². The molecule has 0 unspecified atom stereocenters. The van der Waals surface area contributed by atoms with Crippen molar-refractivity contribution in [2.24, 2.45) is 0 Å². The van der Waals surface area contributed by atoms with Gasteiger partial charge in [0.25, 0.3) is 0 Å². The van der Waals surface area contributed by atoms with Gasteiger partial charge in [-0.3, -0.25) is 4.79 Å². The van der Waals surface area contributed by atoms with Crippen LogP contribution in [0.1, 0.15) is 12.8 Å². The summed E-state index contributed by atoms with van der Waals surface area (Å²) in [4.78, 5) is 11.0. The largest absolute Gasteiger partial charge is 0.469 e. The number of hydrogen-bond acceptors (Lipinski definition) is 5. The van der Waals surface area contributed by atoms with Crippen molar-refractivity contribution in [1.29, 1.82) is 0 Å². The molecule has 86 valence electrons. The molecule has 0 aromatic rings. The van der Waals surface area contributed by atoms with Crippen molar-refractivity contribution in [3.05, 3.63) is 12.2 Å². The zero-order valence-electron chi connectivity index (χ0n) is 9.19. The molecule has 1 aliphatic heterocycles. The van der Waals surface area contributed by atoms with Gasteiger partial charge in [0, 0.05) is 20.6 Å². The lowest BCUT2D eigenvalue weighted by atomic mass is 10.1. The van der Waals surface area contributed by atoms with Gasteiger partial charge in [-0.1, -0.05) is 0 Å². The molecule has 0 aromatic carbocycles. The van der Waals surface area contributed by atoms with Gasteiger partial charge < -0.3 is 18.9 Å². The molecule has 1 heterocycles. The first-order valence-electron chi connectivity index (χ1n) is 4.68. The van der Waals surface area contributed by atoms with Gasteiger partial charge in [-0.25, -0.2) is 0 Å². The fraction of sp³-hybridized carbons (Fsp3) is 0.700. The average molecular weight is 216 g/mol. The highest BCUT2D eigenvalue weighted by Crippen LogP contribution is 2.29. The van der Waals surface area contributed by atoms with Crippen LogP contribution >= 0.6 is 0 Å². The van der Waals surface area contributed by atoms with Gasteiger partial charge in [-0.05, 0) is 12.2 Å². The smallest absolute Gasteiger partial charge is 0.305 e. The fourth-order valence-corrected chi connectivity index (χ4v) is 1.37. The molecule has 0 amide bonds. The average Bonchev–Trinajstić information content (AvgIpc) is 2.70. The van der Waals surface area contributed by atoms with Crippen LogP contribution in [0.3, 0.4) is 0 Å². The first-order chi connectivity index (χ1) is 7.15. The molecule has 0 aliphatic carbocycles. The van der Waals surface area contributed by atoms with Crippen molar-refractivity contribution < 1.29 is 23.7 Å². The van der Waals surface area contributed by atoms with E-state index in [1.54, 1.807) is 19.3 Å². The molecule has 2 atom stereocenters. The van der Waals surface area contributed by atoms with Crippen molar-refractivity contribution in [1.82, 2.24) is 0 Å². The molecule has 5 nitrogen and oxygen atoms in total. The lowest BCUT2D eigenvalue weighted by Crippen LogP contribution is -2.33. The maximum Gasteiger partial charge on any atom is 0.305 e. The topological polar surface area (TPSA) is 54.0 Å². The van der Waals surface area contributed by atoms with Crippen LogP contribution in [0.2, 0.25) is 0 Å². The Morgan fingerprint density at radius 2 is 2.20 bits per heavy atom. The SMILES string of the molecule is COC(=O)CC[C@@]1(OC)C=C[C@@H](OC)O1. The maximum absolute atomic E-state index is 11.0. The van der Waals surface area contributed by atoms with E-state index in [9.17, 15) is 4.79 Å². The Balaban J connectivity index is 2.49. The number of methoxy groups -OCH3 is 3. The summed E-state index contributed by atoms with van der Waals surface area (Å²) < 4.78 is 20.3. The van der Waals surface area contributed by atoms with Crippen LogP contribution in [0.25, 0.3) is 0 Å². The zero-order valence-corrected chi connectivity index (χ0v) is 9.19. The third kappa shape index (κ3) is 3.02. The Morgan fingerprint density at radius 3 is 2.67 bits per heavy atom. The molecule has 0 aromatic heterocycles. The quantitative estimate of drug-likeness (QED) is 0.503. The minimum absolute atomic E-state index is 0.241. The first-order valence-corrected chi connectivity index (χ1v) is 4.68. The van der Waals surface area contributed by atoms with Crippen LogP contribution in [0.5, 0.6) is 0 Å². The highest BCUT2D eigenvalue weighted by molar-refractivity contribution is 5.69. The van der Waals surface area contributed by atoms with E-state index in [0.717, 1.165) is 0 Å². The Bertz CT molecular complexity index is 250. The zero-order chi connectivity index (χ0) is 11.3. The van der Waals surface area contributed by atoms with E-state index in [4.69, 9.17) is 14.2 Å². The van der Waals surface area contributed by atoms with Gasteiger partial charge in [0.05, 0.1) is 13.5 Å². The molecule has 0 fully saturated rings. The van der Waals surface area contributed by atoms with Gasteiger partial charge >= 0.3 is 5.97 Å². The Labute approximate surface area is 88.9 Å². The Morgan fingerprint density at radius 1 is 1.47 bits per heavy atom. The standard InChI is InChI=1S/C10H16O5/c1-12-8(11)4-6-10(14-3)7-5-9(13-2)15-10/h5,7,9H,4,6H2,1-3H3/t9-,10-/m0/s1. The van der Waals surface area contributed by atoms with E-state index >= 15 is 0 Å². The molecule has 0 bridgehead atoms. The van der Waals surface area contributed by atoms with E-state index in [2.05, 4.69) is 4.74 Å². The van der Waals surface area contributed by atoms with Crippen LogP contribution in [0.15, 0.2) is 12.2 Å². The summed E-state index contributed by atoms with van der Waals surface area (Å²) in [6, 6.07) is 0. The number of hydrogen-bond donors (Lipinski definition) is 0. The van der Waals surface area contributed by atoms with Crippen LogP contribution in [0.4, 0.5) is 0 Å². The van der Waals surface area contributed by atoms with Crippen molar-refractivity contribution in [2.75, 3.05) is 21.3 Å². The highest BCUT2D eigenvalue weighted by atomic mass is 16.8. The number of rotatable bonds is 5. The minimum Gasteiger partial charge on any atom is -0.469 e. The summed E-state index contributed by atoms with van der Waals surface area (Å²) >= 11 is 0. The van der Waals surface area contributed by atoms with Crippen LogP contribution in [-0.4, -0.2) is 39.4 Å². The van der Waals surface area contributed by atoms with Gasteiger partial charge in [0.2, 0.25) is 0 Å². The van der Waals surface area contributed by atoms with E-state index in [-0.39, 0.29) is 12.4 Å². The van der Waals surface area contributed by atoms with Crippen LogP contribution < -0.4 is 0 Å². The fourth-order valence-electron chi connectivity index (χ4n) is 1.37. The molecule has 0 radical (unpaired) electrons. The second kappa shape index (κ2) is 5.25. The number of esters is 1. The first kappa shape index (κ1) is 12.2. The molecule has 5 heteroatoms. The Kier molecular flexibility index (Phi) is 4.26. The predicted molar refractivity (Wildman–Crippen MR) is 52.0 cm³/mol. The monoisotopic (exact) mass is 216 g/mol. The Hall–Kier alpha value is -0.910. The molecule has 1 aliphatic rings. The second-order valence-electron chi connectivity index (χ2n) is 3.17. The lowest BCUT2D eigenvalue weighted by molar-refractivity contribution is -0.245. The van der Waals surface area contributed by atoms with E-state index in [0.29, 0.717) is 6.42 Å². The molecule has 1 rings (SSSR count). The van der Waals surface area contributed by atoms with Crippen molar-refractivity contribution in [3.8, 4) is 0 Å². The summed E-state index contributed by atoms with van der Waals surface area (Å²) in [5, 5.41) is 0. The maximum atomic E-state index is 11.0. The predicted octanol–water partition coefficient (Wildman–Crippen LogP) is 0.841. The van der Waals surface area contributed by atoms with Crippen molar-refractivity contribution in [2.45, 2.75) is 24.9 Å². The summed E-state index contributed by atoms with van der Waals surface area (Å²) in [6.45, 7) is 0. The van der Waals surface area contributed by atoms with E-state index in [1.807, 2.05) is 0 Å². The highest BCUT2D eigenvalue weighted by Gasteiger charge is 2.36. The molecule has 15 heavy (non-hydrogen) atoms. The molecule has 0 saturated heterocycles. The molecule has 0 N–H and O–H groups in total. The normalized spacial score (nSPS) is 29.4. The van der Waals surface area contributed by atoms with Gasteiger partial charge in [0.15, 0.2) is 12.1 Å². The van der Waals surface area contributed by atoms with Gasteiger partial charge in [0.1, 0.15) is 0 Å². The third-order valence-electron chi connectivity index (χ3n) is 2.31.